The molecule has 0 fully saturated rings. The maximum atomic E-state index is 10.9. The fourth-order valence-corrected chi connectivity index (χ4v) is 1.99. The molecule has 0 heterocycles. The van der Waals surface area contributed by atoms with Crippen molar-refractivity contribution in [3.05, 3.63) is 29.3 Å². The van der Waals surface area contributed by atoms with Crippen molar-refractivity contribution in [1.29, 1.82) is 0 Å². The fourth-order valence-electron chi connectivity index (χ4n) is 1.57. The highest BCUT2D eigenvalue weighted by molar-refractivity contribution is 14.0. The zero-order valence-corrected chi connectivity index (χ0v) is 14.5. The van der Waals surface area contributed by atoms with E-state index < -0.39 is 9.84 Å². The molecule has 0 aliphatic heterocycles. The van der Waals surface area contributed by atoms with Crippen LogP contribution in [0.2, 0.25) is 0 Å². The minimum atomic E-state index is -3.00. The normalized spacial score (nSPS) is 11.8. The summed E-state index contributed by atoms with van der Waals surface area (Å²) in [6, 6.07) is 5.96. The Morgan fingerprint density at radius 2 is 1.79 bits per heavy atom. The van der Waals surface area contributed by atoms with E-state index in [1.165, 1.54) is 6.26 Å². The lowest BCUT2D eigenvalue weighted by atomic mass is 10.1. The number of nitrogens with two attached hydrogens (primary N) is 1. The van der Waals surface area contributed by atoms with Crippen LogP contribution in [0.25, 0.3) is 0 Å². The lowest BCUT2D eigenvalue weighted by Gasteiger charge is -2.07. The Bertz CT molecular complexity index is 536. The van der Waals surface area contributed by atoms with Crippen LogP contribution in [0.3, 0.4) is 0 Å². The van der Waals surface area contributed by atoms with Crippen LogP contribution in [0.15, 0.2) is 23.2 Å². The molecule has 0 amide bonds. The van der Waals surface area contributed by atoms with E-state index in [9.17, 15) is 8.42 Å². The molecule has 1 aromatic rings. The van der Waals surface area contributed by atoms with Gasteiger partial charge in [-0.25, -0.2) is 8.42 Å². The highest BCUT2D eigenvalue weighted by Crippen LogP contribution is 2.13. The minimum Gasteiger partial charge on any atom is -0.370 e. The monoisotopic (exact) mass is 397 g/mol. The van der Waals surface area contributed by atoms with Crippen LogP contribution >= 0.6 is 24.0 Å². The van der Waals surface area contributed by atoms with E-state index in [0.29, 0.717) is 0 Å². The Morgan fingerprint density at radius 1 is 1.26 bits per heavy atom. The lowest BCUT2D eigenvalue weighted by molar-refractivity contribution is 0.601. The average molecular weight is 397 g/mol. The van der Waals surface area contributed by atoms with Crippen molar-refractivity contribution in [3.8, 4) is 0 Å². The molecule has 3 N–H and O–H groups in total. The van der Waals surface area contributed by atoms with Crippen LogP contribution in [-0.4, -0.2) is 32.9 Å². The standard InChI is InChI=1S/C12H19N3O2S.HI/c1-9-6-10(2)8-11(7-9)15-12(13)14-4-5-18(3,16)17;/h6-8H,4-5H2,1-3H3,(H3,13,14,15);1H. The Morgan fingerprint density at radius 3 is 2.26 bits per heavy atom. The van der Waals surface area contributed by atoms with E-state index in [1.807, 2.05) is 26.0 Å². The smallest absolute Gasteiger partial charge is 0.193 e. The number of anilines is 1. The van der Waals surface area contributed by atoms with Gasteiger partial charge in [-0.2, -0.15) is 0 Å². The number of halogens is 1. The van der Waals surface area contributed by atoms with Gasteiger partial charge in [0, 0.05) is 11.9 Å². The molecule has 1 rings (SSSR count). The first-order chi connectivity index (χ1) is 8.26. The van der Waals surface area contributed by atoms with Crippen LogP contribution in [0.5, 0.6) is 0 Å². The van der Waals surface area contributed by atoms with Crippen molar-refractivity contribution < 1.29 is 8.42 Å². The second-order valence-corrected chi connectivity index (χ2v) is 6.66. The minimum absolute atomic E-state index is 0. The summed E-state index contributed by atoms with van der Waals surface area (Å²) in [5, 5.41) is 2.94. The van der Waals surface area contributed by atoms with E-state index in [4.69, 9.17) is 5.73 Å². The predicted octanol–water partition coefficient (Wildman–Crippen LogP) is 1.69. The molecule has 7 heteroatoms. The van der Waals surface area contributed by atoms with Crippen LogP contribution in [0, 0.1) is 13.8 Å². The van der Waals surface area contributed by atoms with Gasteiger partial charge < -0.3 is 11.1 Å². The molecule has 0 aromatic heterocycles. The van der Waals surface area contributed by atoms with Crippen LogP contribution in [0.4, 0.5) is 5.69 Å². The van der Waals surface area contributed by atoms with E-state index in [2.05, 4.69) is 16.4 Å². The van der Waals surface area contributed by atoms with Gasteiger partial charge >= 0.3 is 0 Å². The van der Waals surface area contributed by atoms with Crippen molar-refractivity contribution in [2.24, 2.45) is 10.7 Å². The topological polar surface area (TPSA) is 84.5 Å². The predicted molar refractivity (Wildman–Crippen MR) is 91.2 cm³/mol. The molecule has 0 aliphatic carbocycles. The number of sulfone groups is 1. The van der Waals surface area contributed by atoms with Crippen molar-refractivity contribution in [2.45, 2.75) is 13.8 Å². The first kappa shape index (κ1) is 18.2. The van der Waals surface area contributed by atoms with Crippen LogP contribution in [0.1, 0.15) is 11.1 Å². The number of rotatable bonds is 4. The number of nitrogens with zero attached hydrogens (tertiary/aromatic N) is 1. The molecule has 1 aromatic carbocycles. The summed E-state index contributed by atoms with van der Waals surface area (Å²) in [4.78, 5) is 3.97. The van der Waals surface area contributed by atoms with Gasteiger partial charge in [0.2, 0.25) is 0 Å². The van der Waals surface area contributed by atoms with Crippen molar-refractivity contribution in [2.75, 3.05) is 23.9 Å². The van der Waals surface area contributed by atoms with Gasteiger partial charge in [0.25, 0.3) is 0 Å². The number of benzene rings is 1. The number of aliphatic imine (C=N–C) groups is 1. The molecule has 0 bridgehead atoms. The van der Waals surface area contributed by atoms with Gasteiger partial charge in [-0.15, -0.1) is 24.0 Å². The Hall–Kier alpha value is -0.830. The third-order valence-electron chi connectivity index (χ3n) is 2.24. The van der Waals surface area contributed by atoms with Crippen molar-refractivity contribution in [1.82, 2.24) is 0 Å². The Balaban J connectivity index is 0.00000324. The molecular formula is C12H20IN3O2S. The molecule has 0 saturated carbocycles. The van der Waals surface area contributed by atoms with Gasteiger partial charge in [0.05, 0.1) is 12.3 Å². The van der Waals surface area contributed by atoms with Gasteiger partial charge in [-0.05, 0) is 37.1 Å². The molecule has 0 radical (unpaired) electrons. The molecular weight excluding hydrogens is 377 g/mol. The van der Waals surface area contributed by atoms with Gasteiger partial charge in [-0.1, -0.05) is 6.07 Å². The molecule has 0 aliphatic rings. The molecule has 5 nitrogen and oxygen atoms in total. The molecule has 19 heavy (non-hydrogen) atoms. The number of guanidine groups is 1. The number of hydrogen-bond acceptors (Lipinski definition) is 3. The summed E-state index contributed by atoms with van der Waals surface area (Å²) < 4.78 is 21.9. The zero-order chi connectivity index (χ0) is 13.8. The van der Waals surface area contributed by atoms with Gasteiger partial charge in [0.1, 0.15) is 9.84 Å². The molecule has 0 atom stereocenters. The third-order valence-corrected chi connectivity index (χ3v) is 3.16. The first-order valence-corrected chi connectivity index (χ1v) is 7.65. The molecule has 0 spiro atoms. The quantitative estimate of drug-likeness (QED) is 0.460. The molecule has 0 saturated heterocycles. The van der Waals surface area contributed by atoms with E-state index in [-0.39, 0.29) is 42.2 Å². The zero-order valence-electron chi connectivity index (χ0n) is 11.3. The summed E-state index contributed by atoms with van der Waals surface area (Å²) in [6.07, 6.45) is 1.18. The molecule has 108 valence electrons. The van der Waals surface area contributed by atoms with Gasteiger partial charge in [-0.3, -0.25) is 4.99 Å². The summed E-state index contributed by atoms with van der Waals surface area (Å²) >= 11 is 0. The van der Waals surface area contributed by atoms with Crippen LogP contribution < -0.4 is 11.1 Å². The summed E-state index contributed by atoms with van der Waals surface area (Å²) in [7, 11) is -3.00. The van der Waals surface area contributed by atoms with E-state index in [1.54, 1.807) is 0 Å². The van der Waals surface area contributed by atoms with Crippen LogP contribution in [-0.2, 0) is 9.84 Å². The van der Waals surface area contributed by atoms with E-state index in [0.717, 1.165) is 16.8 Å². The second-order valence-electron chi connectivity index (χ2n) is 4.40. The average Bonchev–Trinajstić information content (AvgIpc) is 2.12. The highest BCUT2D eigenvalue weighted by Gasteiger charge is 2.01. The first-order valence-electron chi connectivity index (χ1n) is 5.59. The second kappa shape index (κ2) is 7.68. The van der Waals surface area contributed by atoms with Crippen molar-refractivity contribution >= 4 is 45.5 Å². The maximum absolute atomic E-state index is 10.9. The summed E-state index contributed by atoms with van der Waals surface area (Å²) in [5.74, 6) is 0.228. The van der Waals surface area contributed by atoms with E-state index >= 15 is 0 Å². The Kier molecular flexibility index (Phi) is 7.35. The lowest BCUT2D eigenvalue weighted by Crippen LogP contribution is -2.23. The fraction of sp³-hybridized carbons (Fsp3) is 0.417. The number of nitrogens with one attached hydrogen (secondary N) is 1. The largest absolute Gasteiger partial charge is 0.370 e. The maximum Gasteiger partial charge on any atom is 0.193 e. The SMILES string of the molecule is Cc1cc(C)cc(NC(N)=NCCS(C)(=O)=O)c1.I. The summed E-state index contributed by atoms with van der Waals surface area (Å²) in [6.45, 7) is 4.16. The highest BCUT2D eigenvalue weighted by atomic mass is 127. The number of aryl methyl sites for hydroxylation is 2. The van der Waals surface area contributed by atoms with Gasteiger partial charge in [0.15, 0.2) is 5.96 Å². The Labute approximate surface area is 131 Å². The third kappa shape index (κ3) is 8.04. The molecule has 0 unspecified atom stereocenters. The van der Waals surface area contributed by atoms with Crippen molar-refractivity contribution in [3.63, 3.8) is 0 Å². The number of hydrogen-bond donors (Lipinski definition) is 2. The summed E-state index contributed by atoms with van der Waals surface area (Å²) in [5.41, 5.74) is 8.79.